The molecule has 1 rings (SSSR count). The van der Waals surface area contributed by atoms with E-state index in [0.717, 1.165) is 0 Å². The highest BCUT2D eigenvalue weighted by atomic mass is 32.2. The third-order valence-corrected chi connectivity index (χ3v) is 4.82. The highest BCUT2D eigenvalue weighted by Gasteiger charge is 2.19. The highest BCUT2D eigenvalue weighted by Crippen LogP contribution is 2.18. The summed E-state index contributed by atoms with van der Waals surface area (Å²) in [6.07, 6.45) is 2.92. The van der Waals surface area contributed by atoms with Crippen molar-refractivity contribution in [2.75, 3.05) is 25.5 Å². The minimum atomic E-state index is -3.55. The normalized spacial score (nSPS) is 12.4. The Balaban J connectivity index is 2.74. The number of nitrogens with zero attached hydrogens (tertiary/aromatic N) is 2. The van der Waals surface area contributed by atoms with Crippen LogP contribution >= 0.6 is 0 Å². The molecule has 6 nitrogen and oxygen atoms in total. The van der Waals surface area contributed by atoms with E-state index in [1.807, 2.05) is 0 Å². The SMILES string of the molecule is CNc1ccncc1S(=O)(=O)NCCN(C(C)C)C(C)C. The summed E-state index contributed by atoms with van der Waals surface area (Å²) >= 11 is 0. The summed E-state index contributed by atoms with van der Waals surface area (Å²) in [5, 5.41) is 2.87. The largest absolute Gasteiger partial charge is 0.387 e. The maximum absolute atomic E-state index is 12.3. The van der Waals surface area contributed by atoms with E-state index in [2.05, 4.69) is 47.6 Å². The Labute approximate surface area is 128 Å². The van der Waals surface area contributed by atoms with Crippen molar-refractivity contribution in [2.24, 2.45) is 0 Å². The minimum absolute atomic E-state index is 0.174. The van der Waals surface area contributed by atoms with Gasteiger partial charge in [-0.25, -0.2) is 13.1 Å². The van der Waals surface area contributed by atoms with Crippen molar-refractivity contribution in [2.45, 2.75) is 44.7 Å². The molecule has 2 N–H and O–H groups in total. The number of hydrogen-bond acceptors (Lipinski definition) is 5. The van der Waals surface area contributed by atoms with E-state index in [-0.39, 0.29) is 4.90 Å². The molecule has 7 heteroatoms. The average molecular weight is 314 g/mol. The minimum Gasteiger partial charge on any atom is -0.387 e. The summed E-state index contributed by atoms with van der Waals surface area (Å²) in [5.74, 6) is 0. The lowest BCUT2D eigenvalue weighted by Gasteiger charge is -2.30. The predicted molar refractivity (Wildman–Crippen MR) is 86.0 cm³/mol. The van der Waals surface area contributed by atoms with E-state index in [1.165, 1.54) is 6.20 Å². The highest BCUT2D eigenvalue weighted by molar-refractivity contribution is 7.89. The second kappa shape index (κ2) is 7.72. The van der Waals surface area contributed by atoms with Crippen molar-refractivity contribution in [1.82, 2.24) is 14.6 Å². The quantitative estimate of drug-likeness (QED) is 0.761. The van der Waals surface area contributed by atoms with Crippen LogP contribution in [-0.2, 0) is 10.0 Å². The van der Waals surface area contributed by atoms with E-state index in [1.54, 1.807) is 19.3 Å². The van der Waals surface area contributed by atoms with Gasteiger partial charge >= 0.3 is 0 Å². The standard InChI is InChI=1S/C14H26N4O2S/c1-11(2)18(12(3)4)9-8-17-21(19,20)14-10-16-7-6-13(14)15-5/h6-7,10-12,17H,8-9H2,1-5H3,(H,15,16). The molecule has 0 saturated carbocycles. The van der Waals surface area contributed by atoms with Crippen molar-refractivity contribution >= 4 is 15.7 Å². The average Bonchev–Trinajstić information content (AvgIpc) is 2.42. The smallest absolute Gasteiger partial charge is 0.244 e. The van der Waals surface area contributed by atoms with Crippen molar-refractivity contribution < 1.29 is 8.42 Å². The summed E-state index contributed by atoms with van der Waals surface area (Å²) in [5.41, 5.74) is 0.544. The molecule has 0 aliphatic heterocycles. The van der Waals surface area contributed by atoms with Gasteiger partial charge in [0.25, 0.3) is 0 Å². The lowest BCUT2D eigenvalue weighted by Crippen LogP contribution is -2.42. The molecule has 0 spiro atoms. The lowest BCUT2D eigenvalue weighted by atomic mass is 10.2. The van der Waals surface area contributed by atoms with Gasteiger partial charge in [0.2, 0.25) is 10.0 Å². The van der Waals surface area contributed by atoms with Gasteiger partial charge in [0, 0.05) is 44.6 Å². The molecule has 0 saturated heterocycles. The number of sulfonamides is 1. The van der Waals surface area contributed by atoms with Gasteiger partial charge in [-0.2, -0.15) is 0 Å². The molecule has 1 aromatic heterocycles. The van der Waals surface area contributed by atoms with Gasteiger partial charge in [0.1, 0.15) is 4.90 Å². The van der Waals surface area contributed by atoms with Crippen molar-refractivity contribution in [1.29, 1.82) is 0 Å². The molecule has 1 heterocycles. The summed E-state index contributed by atoms with van der Waals surface area (Å²) in [6, 6.07) is 2.39. The third kappa shape index (κ3) is 4.94. The van der Waals surface area contributed by atoms with E-state index < -0.39 is 10.0 Å². The van der Waals surface area contributed by atoms with Crippen LogP contribution < -0.4 is 10.0 Å². The van der Waals surface area contributed by atoms with Gasteiger partial charge in [0.05, 0.1) is 5.69 Å². The molecule has 0 amide bonds. The Hall–Kier alpha value is -1.18. The molecule has 0 aliphatic carbocycles. The van der Waals surface area contributed by atoms with Gasteiger partial charge in [0.15, 0.2) is 0 Å². The molecule has 0 aromatic carbocycles. The van der Waals surface area contributed by atoms with Crippen LogP contribution in [0.15, 0.2) is 23.4 Å². The number of hydrogen-bond donors (Lipinski definition) is 2. The molecule has 0 unspecified atom stereocenters. The molecule has 0 radical (unpaired) electrons. The van der Waals surface area contributed by atoms with Crippen LogP contribution in [0.5, 0.6) is 0 Å². The Kier molecular flexibility index (Phi) is 6.57. The van der Waals surface area contributed by atoms with E-state index >= 15 is 0 Å². The van der Waals surface area contributed by atoms with Gasteiger partial charge in [-0.3, -0.25) is 9.88 Å². The molecule has 0 atom stereocenters. The summed E-state index contributed by atoms with van der Waals surface area (Å²) < 4.78 is 27.3. The van der Waals surface area contributed by atoms with Crippen molar-refractivity contribution in [3.63, 3.8) is 0 Å². The topological polar surface area (TPSA) is 74.3 Å². The van der Waals surface area contributed by atoms with Crippen LogP contribution in [0, 0.1) is 0 Å². The van der Waals surface area contributed by atoms with E-state index in [4.69, 9.17) is 0 Å². The van der Waals surface area contributed by atoms with Crippen LogP contribution in [0.25, 0.3) is 0 Å². The summed E-state index contributed by atoms with van der Waals surface area (Å²) in [7, 11) is -1.86. The van der Waals surface area contributed by atoms with Crippen LogP contribution in [0.2, 0.25) is 0 Å². The maximum atomic E-state index is 12.3. The van der Waals surface area contributed by atoms with Gasteiger partial charge < -0.3 is 5.32 Å². The number of pyridine rings is 1. The molecular weight excluding hydrogens is 288 g/mol. The Morgan fingerprint density at radius 2 is 1.86 bits per heavy atom. The fourth-order valence-electron chi connectivity index (χ4n) is 2.30. The van der Waals surface area contributed by atoms with Crippen molar-refractivity contribution in [3.8, 4) is 0 Å². The fourth-order valence-corrected chi connectivity index (χ4v) is 3.47. The first-order chi connectivity index (χ1) is 9.79. The van der Waals surface area contributed by atoms with Crippen LogP contribution in [0.4, 0.5) is 5.69 Å². The monoisotopic (exact) mass is 314 g/mol. The first-order valence-electron chi connectivity index (χ1n) is 7.16. The summed E-state index contributed by atoms with van der Waals surface area (Å²) in [4.78, 5) is 6.30. The number of rotatable bonds is 8. The Morgan fingerprint density at radius 1 is 1.24 bits per heavy atom. The maximum Gasteiger partial charge on any atom is 0.244 e. The van der Waals surface area contributed by atoms with E-state index in [9.17, 15) is 8.42 Å². The Bertz CT molecular complexity index is 536. The zero-order chi connectivity index (χ0) is 16.0. The molecule has 21 heavy (non-hydrogen) atoms. The first kappa shape index (κ1) is 17.9. The second-order valence-corrected chi connectivity index (χ2v) is 7.18. The van der Waals surface area contributed by atoms with Crippen LogP contribution in [0.3, 0.4) is 0 Å². The first-order valence-corrected chi connectivity index (χ1v) is 8.65. The molecule has 0 aliphatic rings. The fraction of sp³-hybridized carbons (Fsp3) is 0.643. The molecule has 120 valence electrons. The summed E-state index contributed by atoms with van der Waals surface area (Å²) in [6.45, 7) is 9.47. The second-order valence-electron chi connectivity index (χ2n) is 5.44. The van der Waals surface area contributed by atoms with Gasteiger partial charge in [-0.1, -0.05) is 0 Å². The predicted octanol–water partition coefficient (Wildman–Crippen LogP) is 1.52. The number of aromatic nitrogens is 1. The zero-order valence-electron chi connectivity index (χ0n) is 13.4. The third-order valence-electron chi connectivity index (χ3n) is 3.33. The van der Waals surface area contributed by atoms with Crippen LogP contribution in [0.1, 0.15) is 27.7 Å². The van der Waals surface area contributed by atoms with E-state index in [0.29, 0.717) is 30.9 Å². The molecular formula is C14H26N4O2S. The number of nitrogens with one attached hydrogen (secondary N) is 2. The van der Waals surface area contributed by atoms with Gasteiger partial charge in [-0.05, 0) is 33.8 Å². The lowest BCUT2D eigenvalue weighted by molar-refractivity contribution is 0.179. The number of anilines is 1. The Morgan fingerprint density at radius 3 is 2.38 bits per heavy atom. The zero-order valence-corrected chi connectivity index (χ0v) is 14.2. The van der Waals surface area contributed by atoms with Crippen molar-refractivity contribution in [3.05, 3.63) is 18.5 Å². The van der Waals surface area contributed by atoms with Crippen LogP contribution in [-0.4, -0.2) is 50.5 Å². The molecule has 1 aromatic rings. The molecule has 0 bridgehead atoms. The molecule has 0 fully saturated rings. The van der Waals surface area contributed by atoms with Gasteiger partial charge in [-0.15, -0.1) is 0 Å².